The van der Waals surface area contributed by atoms with Crippen LogP contribution in [0.15, 0.2) is 0 Å². The van der Waals surface area contributed by atoms with Gasteiger partial charge in [0, 0.05) is 0 Å². The van der Waals surface area contributed by atoms with Crippen molar-refractivity contribution in [3.8, 4) is 0 Å². The molecular formula is C8H12N2O2S. The standard InChI is InChI=1S/C8H12N2O2S/c1-4-2-8(4,6(9)13)5-3-10-7(11)12-5/h4-5H,2-3H2,1H3,(H2,9,13)(H,10,11). The second kappa shape index (κ2) is 2.57. The molecule has 0 aromatic carbocycles. The molecule has 3 N–H and O–H groups in total. The van der Waals surface area contributed by atoms with E-state index < -0.39 is 0 Å². The van der Waals surface area contributed by atoms with Crippen LogP contribution >= 0.6 is 12.2 Å². The number of thiocarbonyl (C=S) groups is 1. The smallest absolute Gasteiger partial charge is 0.407 e. The van der Waals surface area contributed by atoms with Crippen molar-refractivity contribution in [2.45, 2.75) is 19.4 Å². The Labute approximate surface area is 81.8 Å². The number of carbonyl (C=O) groups is 1. The van der Waals surface area contributed by atoms with Gasteiger partial charge < -0.3 is 15.8 Å². The van der Waals surface area contributed by atoms with Crippen LogP contribution in [0.25, 0.3) is 0 Å². The molecule has 1 saturated heterocycles. The topological polar surface area (TPSA) is 64.3 Å². The van der Waals surface area contributed by atoms with Gasteiger partial charge in [0.05, 0.1) is 16.9 Å². The van der Waals surface area contributed by atoms with E-state index in [1.165, 1.54) is 0 Å². The number of nitrogens with two attached hydrogens (primary N) is 1. The monoisotopic (exact) mass is 200 g/mol. The predicted octanol–water partition coefficient (Wildman–Crippen LogP) is 0.407. The molecule has 0 aromatic rings. The van der Waals surface area contributed by atoms with Gasteiger partial charge in [-0.15, -0.1) is 0 Å². The molecule has 5 heteroatoms. The van der Waals surface area contributed by atoms with Crippen molar-refractivity contribution in [3.05, 3.63) is 0 Å². The molecule has 0 radical (unpaired) electrons. The third kappa shape index (κ3) is 1.10. The van der Waals surface area contributed by atoms with Crippen LogP contribution in [0.4, 0.5) is 4.79 Å². The molecule has 2 aliphatic rings. The van der Waals surface area contributed by atoms with E-state index >= 15 is 0 Å². The van der Waals surface area contributed by atoms with Crippen LogP contribution in [0.1, 0.15) is 13.3 Å². The highest BCUT2D eigenvalue weighted by Crippen LogP contribution is 2.56. The Morgan fingerprint density at radius 3 is 2.77 bits per heavy atom. The van der Waals surface area contributed by atoms with E-state index in [1.807, 2.05) is 0 Å². The SMILES string of the molecule is CC1CC1(C(N)=S)C1CNC(=O)O1. The fraction of sp³-hybridized carbons (Fsp3) is 0.750. The van der Waals surface area contributed by atoms with Crippen molar-refractivity contribution in [2.75, 3.05) is 6.54 Å². The minimum absolute atomic E-state index is 0.160. The number of amides is 1. The summed E-state index contributed by atoms with van der Waals surface area (Å²) in [6.07, 6.45) is 0.411. The van der Waals surface area contributed by atoms with E-state index in [1.54, 1.807) is 0 Å². The lowest BCUT2D eigenvalue weighted by Gasteiger charge is -2.20. The quantitative estimate of drug-likeness (QED) is 0.634. The normalized spacial score (nSPS) is 42.4. The number of alkyl carbamates (subject to hydrolysis) is 1. The van der Waals surface area contributed by atoms with Gasteiger partial charge in [0.1, 0.15) is 6.10 Å². The van der Waals surface area contributed by atoms with Crippen molar-refractivity contribution >= 4 is 23.3 Å². The number of cyclic esters (lactones) is 1. The molecule has 4 nitrogen and oxygen atoms in total. The van der Waals surface area contributed by atoms with E-state index in [0.29, 0.717) is 17.5 Å². The molecule has 13 heavy (non-hydrogen) atoms. The summed E-state index contributed by atoms with van der Waals surface area (Å²) in [6, 6.07) is 0. The number of hydrogen-bond donors (Lipinski definition) is 2. The maximum Gasteiger partial charge on any atom is 0.407 e. The molecule has 1 aliphatic heterocycles. The molecule has 0 aromatic heterocycles. The highest BCUT2D eigenvalue weighted by atomic mass is 32.1. The van der Waals surface area contributed by atoms with Crippen molar-refractivity contribution in [3.63, 3.8) is 0 Å². The van der Waals surface area contributed by atoms with Crippen LogP contribution in [0.3, 0.4) is 0 Å². The molecule has 1 heterocycles. The first-order valence-electron chi connectivity index (χ1n) is 4.32. The Kier molecular flexibility index (Phi) is 1.73. The molecule has 0 bridgehead atoms. The maximum atomic E-state index is 10.8. The molecule has 3 atom stereocenters. The maximum absolute atomic E-state index is 10.8. The second-order valence-corrected chi connectivity index (χ2v) is 4.22. The number of nitrogens with one attached hydrogen (secondary N) is 1. The van der Waals surface area contributed by atoms with Crippen LogP contribution in [0.2, 0.25) is 0 Å². The molecule has 2 fully saturated rings. The van der Waals surface area contributed by atoms with Crippen LogP contribution < -0.4 is 11.1 Å². The van der Waals surface area contributed by atoms with Gasteiger partial charge in [0.2, 0.25) is 0 Å². The predicted molar refractivity (Wildman–Crippen MR) is 51.3 cm³/mol. The van der Waals surface area contributed by atoms with E-state index in [2.05, 4.69) is 12.2 Å². The van der Waals surface area contributed by atoms with Gasteiger partial charge in [-0.25, -0.2) is 4.79 Å². The van der Waals surface area contributed by atoms with Gasteiger partial charge in [0.25, 0.3) is 0 Å². The van der Waals surface area contributed by atoms with Crippen molar-refractivity contribution in [1.82, 2.24) is 5.32 Å². The first kappa shape index (κ1) is 8.74. The highest BCUT2D eigenvalue weighted by Gasteiger charge is 2.61. The number of hydrogen-bond acceptors (Lipinski definition) is 3. The van der Waals surface area contributed by atoms with E-state index in [0.717, 1.165) is 6.42 Å². The fourth-order valence-corrected chi connectivity index (χ4v) is 2.49. The highest BCUT2D eigenvalue weighted by molar-refractivity contribution is 7.80. The summed E-state index contributed by atoms with van der Waals surface area (Å²) in [4.78, 5) is 11.3. The molecule has 1 saturated carbocycles. The lowest BCUT2D eigenvalue weighted by Crippen LogP contribution is -2.37. The third-order valence-corrected chi connectivity index (χ3v) is 3.46. The molecular weight excluding hydrogens is 188 g/mol. The van der Waals surface area contributed by atoms with Gasteiger partial charge in [-0.1, -0.05) is 19.1 Å². The lowest BCUT2D eigenvalue weighted by atomic mass is 9.96. The first-order valence-corrected chi connectivity index (χ1v) is 4.72. The first-order chi connectivity index (χ1) is 6.07. The van der Waals surface area contributed by atoms with E-state index in [-0.39, 0.29) is 17.6 Å². The lowest BCUT2D eigenvalue weighted by molar-refractivity contribution is 0.113. The van der Waals surface area contributed by atoms with Crippen LogP contribution in [0.5, 0.6) is 0 Å². The second-order valence-electron chi connectivity index (χ2n) is 3.78. The number of rotatable bonds is 2. The Morgan fingerprint density at radius 2 is 2.46 bits per heavy atom. The zero-order valence-corrected chi connectivity index (χ0v) is 8.19. The largest absolute Gasteiger partial charge is 0.443 e. The molecule has 1 aliphatic carbocycles. The minimum atomic E-state index is -0.361. The Bertz CT molecular complexity index is 281. The van der Waals surface area contributed by atoms with Crippen LogP contribution in [-0.4, -0.2) is 23.7 Å². The van der Waals surface area contributed by atoms with Gasteiger partial charge in [-0.2, -0.15) is 0 Å². The van der Waals surface area contributed by atoms with E-state index in [4.69, 9.17) is 22.7 Å². The van der Waals surface area contributed by atoms with Gasteiger partial charge in [0.15, 0.2) is 0 Å². The summed E-state index contributed by atoms with van der Waals surface area (Å²) in [5.41, 5.74) is 5.43. The van der Waals surface area contributed by atoms with Crippen LogP contribution in [-0.2, 0) is 4.74 Å². The van der Waals surface area contributed by atoms with Crippen LogP contribution in [0, 0.1) is 11.3 Å². The Morgan fingerprint density at radius 1 is 1.85 bits per heavy atom. The summed E-state index contributed by atoms with van der Waals surface area (Å²) in [5.74, 6) is 0.433. The summed E-state index contributed by atoms with van der Waals surface area (Å²) in [5, 5.41) is 2.61. The van der Waals surface area contributed by atoms with E-state index in [9.17, 15) is 4.79 Å². The minimum Gasteiger partial charge on any atom is -0.443 e. The average molecular weight is 200 g/mol. The Balaban J connectivity index is 2.15. The molecule has 0 spiro atoms. The van der Waals surface area contributed by atoms with Crippen molar-refractivity contribution in [2.24, 2.45) is 17.1 Å². The van der Waals surface area contributed by atoms with Gasteiger partial charge in [-0.05, 0) is 12.3 Å². The number of carbonyl (C=O) groups excluding carboxylic acids is 1. The molecule has 2 rings (SSSR count). The summed E-state index contributed by atoms with van der Waals surface area (Å²) >= 11 is 5.01. The fourth-order valence-electron chi connectivity index (χ4n) is 2.07. The summed E-state index contributed by atoms with van der Waals surface area (Å²) in [7, 11) is 0. The van der Waals surface area contributed by atoms with Crippen molar-refractivity contribution < 1.29 is 9.53 Å². The average Bonchev–Trinajstić information content (AvgIpc) is 2.53. The Hall–Kier alpha value is -0.840. The zero-order valence-electron chi connectivity index (χ0n) is 7.37. The molecule has 1 amide bonds. The molecule has 3 unspecified atom stereocenters. The third-order valence-electron chi connectivity index (χ3n) is 3.08. The number of ether oxygens (including phenoxy) is 1. The summed E-state index contributed by atoms with van der Waals surface area (Å²) < 4.78 is 5.10. The van der Waals surface area contributed by atoms with Crippen molar-refractivity contribution in [1.29, 1.82) is 0 Å². The van der Waals surface area contributed by atoms with Gasteiger partial charge >= 0.3 is 6.09 Å². The summed E-state index contributed by atoms with van der Waals surface area (Å²) in [6.45, 7) is 2.60. The molecule has 72 valence electrons. The van der Waals surface area contributed by atoms with Gasteiger partial charge in [-0.3, -0.25) is 0 Å². The zero-order chi connectivity index (χ0) is 9.64.